The van der Waals surface area contributed by atoms with Crippen molar-refractivity contribution in [3.8, 4) is 5.75 Å². The predicted octanol–water partition coefficient (Wildman–Crippen LogP) is 3.49. The summed E-state index contributed by atoms with van der Waals surface area (Å²) in [6.45, 7) is 2.82. The van der Waals surface area contributed by atoms with E-state index in [1.54, 1.807) is 14.2 Å². The van der Waals surface area contributed by atoms with Crippen LogP contribution in [-0.2, 0) is 24.2 Å². The molecular formula is C22H24N2O3. The van der Waals surface area contributed by atoms with Gasteiger partial charge in [0.2, 0.25) is 0 Å². The average Bonchev–Trinajstić information content (AvgIpc) is 2.96. The van der Waals surface area contributed by atoms with Crippen LogP contribution in [0.2, 0.25) is 0 Å². The summed E-state index contributed by atoms with van der Waals surface area (Å²) in [7, 11) is 3.33. The molecule has 3 aromatic rings. The van der Waals surface area contributed by atoms with Crippen LogP contribution in [0.3, 0.4) is 0 Å². The zero-order chi connectivity index (χ0) is 18.8. The largest absolute Gasteiger partial charge is 0.496 e. The van der Waals surface area contributed by atoms with E-state index in [1.807, 2.05) is 29.2 Å². The zero-order valence-electron chi connectivity index (χ0n) is 15.8. The molecule has 1 aliphatic rings. The number of para-hydroxylation sites is 1. The van der Waals surface area contributed by atoms with E-state index in [2.05, 4.69) is 29.0 Å². The zero-order valence-corrected chi connectivity index (χ0v) is 15.8. The van der Waals surface area contributed by atoms with Crippen LogP contribution in [0.5, 0.6) is 5.75 Å². The molecule has 1 aromatic heterocycles. The first-order valence-electron chi connectivity index (χ1n) is 9.23. The SMILES string of the molecule is COCCn1cc2c3c(cccc31)CN(C(=O)c1ccccc1OC)CC2. The number of nitrogens with zero attached hydrogens (tertiary/aromatic N) is 2. The smallest absolute Gasteiger partial charge is 0.257 e. The van der Waals surface area contributed by atoms with Crippen LogP contribution in [0.4, 0.5) is 0 Å². The van der Waals surface area contributed by atoms with Crippen molar-refractivity contribution in [3.05, 3.63) is 65.4 Å². The molecular weight excluding hydrogens is 340 g/mol. The van der Waals surface area contributed by atoms with Gasteiger partial charge in [-0.2, -0.15) is 0 Å². The molecule has 1 amide bonds. The highest BCUT2D eigenvalue weighted by atomic mass is 16.5. The summed E-state index contributed by atoms with van der Waals surface area (Å²) in [5.74, 6) is 0.635. The second-order valence-electron chi connectivity index (χ2n) is 6.83. The van der Waals surface area contributed by atoms with Gasteiger partial charge in [-0.15, -0.1) is 0 Å². The molecule has 0 N–H and O–H groups in total. The number of benzene rings is 2. The van der Waals surface area contributed by atoms with Crippen molar-refractivity contribution in [3.63, 3.8) is 0 Å². The highest BCUT2D eigenvalue weighted by Crippen LogP contribution is 2.30. The number of hydrogen-bond donors (Lipinski definition) is 0. The quantitative estimate of drug-likeness (QED) is 0.696. The van der Waals surface area contributed by atoms with Crippen molar-refractivity contribution in [2.24, 2.45) is 0 Å². The third-order valence-corrected chi connectivity index (χ3v) is 5.24. The number of aromatic nitrogens is 1. The fraction of sp³-hybridized carbons (Fsp3) is 0.318. The van der Waals surface area contributed by atoms with E-state index in [1.165, 1.54) is 22.0 Å². The molecule has 5 heteroatoms. The van der Waals surface area contributed by atoms with Crippen molar-refractivity contribution in [1.29, 1.82) is 0 Å². The van der Waals surface area contributed by atoms with Crippen molar-refractivity contribution in [2.45, 2.75) is 19.5 Å². The molecule has 5 nitrogen and oxygen atoms in total. The molecule has 0 unspecified atom stereocenters. The Kier molecular flexibility index (Phi) is 4.86. The third-order valence-electron chi connectivity index (χ3n) is 5.24. The number of hydrogen-bond acceptors (Lipinski definition) is 3. The maximum absolute atomic E-state index is 13.2. The van der Waals surface area contributed by atoms with Crippen LogP contribution >= 0.6 is 0 Å². The summed E-state index contributed by atoms with van der Waals surface area (Å²) < 4.78 is 12.9. The fourth-order valence-corrected chi connectivity index (χ4v) is 3.92. The first-order valence-corrected chi connectivity index (χ1v) is 9.23. The van der Waals surface area contributed by atoms with Crippen LogP contribution in [0.1, 0.15) is 21.5 Å². The van der Waals surface area contributed by atoms with Crippen molar-refractivity contribution >= 4 is 16.8 Å². The molecule has 0 atom stereocenters. The van der Waals surface area contributed by atoms with Crippen LogP contribution in [0, 0.1) is 0 Å². The Hall–Kier alpha value is -2.79. The summed E-state index contributed by atoms with van der Waals surface area (Å²) in [5.41, 5.74) is 4.32. The summed E-state index contributed by atoms with van der Waals surface area (Å²) in [5, 5.41) is 1.28. The molecule has 2 aromatic carbocycles. The van der Waals surface area contributed by atoms with Gasteiger partial charge in [0.1, 0.15) is 5.75 Å². The lowest BCUT2D eigenvalue weighted by atomic mass is 10.1. The molecule has 0 saturated heterocycles. The van der Waals surface area contributed by atoms with Gasteiger partial charge >= 0.3 is 0 Å². The van der Waals surface area contributed by atoms with E-state index in [-0.39, 0.29) is 5.91 Å². The van der Waals surface area contributed by atoms with E-state index in [0.29, 0.717) is 31.0 Å². The molecule has 0 aliphatic carbocycles. The van der Waals surface area contributed by atoms with Gasteiger partial charge in [0.25, 0.3) is 5.91 Å². The fourth-order valence-electron chi connectivity index (χ4n) is 3.92. The van der Waals surface area contributed by atoms with E-state index in [9.17, 15) is 4.79 Å². The predicted molar refractivity (Wildman–Crippen MR) is 105 cm³/mol. The third kappa shape index (κ3) is 3.19. The lowest BCUT2D eigenvalue weighted by molar-refractivity contribution is 0.0744. The second kappa shape index (κ2) is 7.45. The van der Waals surface area contributed by atoms with Gasteiger partial charge in [0, 0.05) is 43.8 Å². The molecule has 1 aliphatic heterocycles. The molecule has 2 heterocycles. The molecule has 4 rings (SSSR count). The van der Waals surface area contributed by atoms with Crippen LogP contribution in [0.15, 0.2) is 48.7 Å². The van der Waals surface area contributed by atoms with E-state index in [4.69, 9.17) is 9.47 Å². The molecule has 27 heavy (non-hydrogen) atoms. The maximum atomic E-state index is 13.2. The van der Waals surface area contributed by atoms with Gasteiger partial charge in [-0.1, -0.05) is 24.3 Å². The highest BCUT2D eigenvalue weighted by molar-refractivity contribution is 5.97. The Morgan fingerprint density at radius 1 is 1.07 bits per heavy atom. The van der Waals surface area contributed by atoms with Crippen LogP contribution in [-0.4, -0.2) is 42.7 Å². The second-order valence-corrected chi connectivity index (χ2v) is 6.83. The number of carbonyl (C=O) groups is 1. The molecule has 140 valence electrons. The molecule has 0 bridgehead atoms. The van der Waals surface area contributed by atoms with Crippen LogP contribution < -0.4 is 4.74 Å². The minimum atomic E-state index is 0.0156. The lowest BCUT2D eigenvalue weighted by Gasteiger charge is -2.22. The summed E-state index contributed by atoms with van der Waals surface area (Å²) in [6.07, 6.45) is 3.05. The monoisotopic (exact) mass is 364 g/mol. The van der Waals surface area contributed by atoms with E-state index < -0.39 is 0 Å². The Balaban J connectivity index is 1.68. The number of methoxy groups -OCH3 is 2. The molecule has 0 spiro atoms. The van der Waals surface area contributed by atoms with Crippen LogP contribution in [0.25, 0.3) is 10.9 Å². The summed E-state index contributed by atoms with van der Waals surface area (Å²) in [4.78, 5) is 15.1. The Morgan fingerprint density at radius 3 is 2.74 bits per heavy atom. The molecule has 0 fully saturated rings. The van der Waals surface area contributed by atoms with E-state index >= 15 is 0 Å². The minimum absolute atomic E-state index is 0.0156. The van der Waals surface area contributed by atoms with Crippen molar-refractivity contribution < 1.29 is 14.3 Å². The number of ether oxygens (including phenoxy) is 2. The number of rotatable bonds is 5. The highest BCUT2D eigenvalue weighted by Gasteiger charge is 2.24. The van der Waals surface area contributed by atoms with Gasteiger partial charge < -0.3 is 18.9 Å². The van der Waals surface area contributed by atoms with Gasteiger partial charge in [0.05, 0.1) is 19.3 Å². The van der Waals surface area contributed by atoms with Crippen molar-refractivity contribution in [1.82, 2.24) is 9.47 Å². The van der Waals surface area contributed by atoms with E-state index in [0.717, 1.165) is 13.0 Å². The Bertz CT molecular complexity index is 977. The molecule has 0 radical (unpaired) electrons. The number of amides is 1. The first-order chi connectivity index (χ1) is 13.2. The van der Waals surface area contributed by atoms with Gasteiger partial charge in [0.15, 0.2) is 0 Å². The first kappa shape index (κ1) is 17.6. The summed E-state index contributed by atoms with van der Waals surface area (Å²) in [6, 6.07) is 13.8. The minimum Gasteiger partial charge on any atom is -0.496 e. The molecule has 0 saturated carbocycles. The Morgan fingerprint density at radius 2 is 1.93 bits per heavy atom. The van der Waals surface area contributed by atoms with Crippen molar-refractivity contribution in [2.75, 3.05) is 27.4 Å². The lowest BCUT2D eigenvalue weighted by Crippen LogP contribution is -2.31. The van der Waals surface area contributed by atoms with Gasteiger partial charge in [-0.3, -0.25) is 4.79 Å². The Labute approximate surface area is 159 Å². The summed E-state index contributed by atoms with van der Waals surface area (Å²) >= 11 is 0. The van der Waals surface area contributed by atoms with Gasteiger partial charge in [-0.05, 0) is 35.7 Å². The van der Waals surface area contributed by atoms with Gasteiger partial charge in [-0.25, -0.2) is 0 Å². The standard InChI is InChI=1S/C22H24N2O3/c1-26-13-12-23-14-17-10-11-24(15-16-6-5-8-19(23)21(16)17)22(25)18-7-3-4-9-20(18)27-2/h3-9,14H,10-13,15H2,1-2H3. The normalized spacial score (nSPS) is 13.6. The number of carbonyl (C=O) groups excluding carboxylic acids is 1. The average molecular weight is 364 g/mol. The maximum Gasteiger partial charge on any atom is 0.257 e. The topological polar surface area (TPSA) is 43.7 Å².